The molecule has 0 bridgehead atoms. The van der Waals surface area contributed by atoms with E-state index >= 15 is 0 Å². The first kappa shape index (κ1) is 19.2. The van der Waals surface area contributed by atoms with E-state index in [9.17, 15) is 9.59 Å². The predicted molar refractivity (Wildman–Crippen MR) is 112 cm³/mol. The van der Waals surface area contributed by atoms with Crippen LogP contribution in [0.5, 0.6) is 0 Å². The quantitative estimate of drug-likeness (QED) is 0.738. The molecule has 0 saturated carbocycles. The Bertz CT molecular complexity index is 951. The maximum absolute atomic E-state index is 13.3. The molecule has 3 heterocycles. The Kier molecular flexibility index (Phi) is 4.48. The summed E-state index contributed by atoms with van der Waals surface area (Å²) in [6.45, 7) is 12.1. The van der Waals surface area contributed by atoms with Crippen molar-refractivity contribution in [2.75, 3.05) is 13.6 Å². The molecule has 3 amide bonds. The Morgan fingerprint density at radius 3 is 2.45 bits per heavy atom. The van der Waals surface area contributed by atoms with Gasteiger partial charge in [-0.15, -0.1) is 0 Å². The molecular formula is C22H27N5O2. The molecular weight excluding hydrogens is 366 g/mol. The minimum absolute atomic E-state index is 0.0534. The number of carbonyl (C=O) groups excluding carboxylic acids is 2. The van der Waals surface area contributed by atoms with Crippen LogP contribution in [0.15, 0.2) is 58.9 Å². The average Bonchev–Trinajstić information content (AvgIpc) is 3.19. The van der Waals surface area contributed by atoms with Crippen molar-refractivity contribution in [1.82, 2.24) is 19.6 Å². The number of rotatable bonds is 4. The highest BCUT2D eigenvalue weighted by molar-refractivity contribution is 6.05. The zero-order chi connectivity index (χ0) is 21.0. The number of aliphatic imine (C=N–C) groups is 1. The number of fused-ring (bicyclic) bond motifs is 3. The normalized spacial score (nSPS) is 24.8. The Morgan fingerprint density at radius 2 is 1.83 bits per heavy atom. The van der Waals surface area contributed by atoms with Gasteiger partial charge in [0.05, 0.1) is 12.6 Å². The van der Waals surface area contributed by atoms with Gasteiger partial charge < -0.3 is 9.80 Å². The summed E-state index contributed by atoms with van der Waals surface area (Å²) in [6, 6.07) is 9.40. The third kappa shape index (κ3) is 2.75. The van der Waals surface area contributed by atoms with Gasteiger partial charge in [0, 0.05) is 18.4 Å². The highest BCUT2D eigenvalue weighted by atomic mass is 16.2. The number of imide groups is 1. The third-order valence-electron chi connectivity index (χ3n) is 6.03. The molecule has 4 rings (SSSR count). The lowest BCUT2D eigenvalue weighted by atomic mass is 10.1. The van der Waals surface area contributed by atoms with Gasteiger partial charge in [-0.3, -0.25) is 14.6 Å². The zero-order valence-corrected chi connectivity index (χ0v) is 17.6. The van der Waals surface area contributed by atoms with Gasteiger partial charge in [0.1, 0.15) is 0 Å². The van der Waals surface area contributed by atoms with Crippen molar-refractivity contribution in [1.29, 1.82) is 0 Å². The number of amides is 3. The van der Waals surface area contributed by atoms with Gasteiger partial charge in [-0.1, -0.05) is 42.5 Å². The van der Waals surface area contributed by atoms with E-state index in [1.165, 1.54) is 10.5 Å². The fourth-order valence-corrected chi connectivity index (χ4v) is 4.40. The van der Waals surface area contributed by atoms with Crippen LogP contribution in [0.2, 0.25) is 0 Å². The van der Waals surface area contributed by atoms with Crippen LogP contribution < -0.4 is 0 Å². The van der Waals surface area contributed by atoms with E-state index in [0.29, 0.717) is 0 Å². The van der Waals surface area contributed by atoms with E-state index in [4.69, 9.17) is 4.99 Å². The highest BCUT2D eigenvalue weighted by Crippen LogP contribution is 2.41. The zero-order valence-electron chi connectivity index (χ0n) is 17.6. The first-order valence-electron chi connectivity index (χ1n) is 9.85. The van der Waals surface area contributed by atoms with Gasteiger partial charge >= 0.3 is 6.03 Å². The standard InChI is InChI=1S/C22H27N5O2/c1-13(2)12-25-20(28)18-19(24(6)22(25)29)23-21-26(14(3)15(4)27(18)21)16(5)17-10-8-7-9-11-17/h7-11,16,18-19H,1,12H2,2-6H3. The van der Waals surface area contributed by atoms with Gasteiger partial charge in [-0.05, 0) is 33.3 Å². The Labute approximate surface area is 171 Å². The number of allylic oxidation sites excluding steroid dienone is 2. The number of urea groups is 1. The lowest BCUT2D eigenvalue weighted by molar-refractivity contribution is -0.136. The van der Waals surface area contributed by atoms with Crippen molar-refractivity contribution >= 4 is 17.9 Å². The first-order chi connectivity index (χ1) is 13.7. The van der Waals surface area contributed by atoms with Crippen molar-refractivity contribution in [3.63, 3.8) is 0 Å². The minimum Gasteiger partial charge on any atom is -0.307 e. The van der Waals surface area contributed by atoms with Gasteiger partial charge in [0.25, 0.3) is 5.91 Å². The summed E-state index contributed by atoms with van der Waals surface area (Å²) in [5, 5.41) is 0. The van der Waals surface area contributed by atoms with Gasteiger partial charge in [-0.25, -0.2) is 9.79 Å². The van der Waals surface area contributed by atoms with Crippen LogP contribution in [0.25, 0.3) is 0 Å². The van der Waals surface area contributed by atoms with Crippen molar-refractivity contribution < 1.29 is 9.59 Å². The van der Waals surface area contributed by atoms with Crippen molar-refractivity contribution in [2.45, 2.75) is 45.9 Å². The molecule has 0 aliphatic carbocycles. The Morgan fingerprint density at radius 1 is 1.17 bits per heavy atom. The van der Waals surface area contributed by atoms with Crippen LogP contribution in [-0.4, -0.2) is 63.3 Å². The number of nitrogens with zero attached hydrogens (tertiary/aromatic N) is 5. The Hall–Kier alpha value is -3.09. The maximum atomic E-state index is 13.3. The minimum atomic E-state index is -0.546. The molecule has 0 spiro atoms. The second kappa shape index (κ2) is 6.76. The second-order valence-corrected chi connectivity index (χ2v) is 8.06. The largest absolute Gasteiger partial charge is 0.328 e. The molecule has 0 radical (unpaired) electrons. The van der Waals surface area contributed by atoms with Gasteiger partial charge in [-0.2, -0.15) is 0 Å². The molecule has 3 aliphatic rings. The molecule has 7 nitrogen and oxygen atoms in total. The fourth-order valence-electron chi connectivity index (χ4n) is 4.40. The van der Waals surface area contributed by atoms with E-state index < -0.39 is 12.2 Å². The van der Waals surface area contributed by atoms with E-state index in [1.54, 1.807) is 11.9 Å². The van der Waals surface area contributed by atoms with Crippen molar-refractivity contribution in [2.24, 2.45) is 4.99 Å². The second-order valence-electron chi connectivity index (χ2n) is 8.06. The predicted octanol–water partition coefficient (Wildman–Crippen LogP) is 3.15. The number of likely N-dealkylation sites (N-methyl/N-ethyl adjacent to an activating group) is 1. The Balaban J connectivity index is 1.73. The van der Waals surface area contributed by atoms with E-state index in [-0.39, 0.29) is 24.5 Å². The number of benzene rings is 1. The lowest BCUT2D eigenvalue weighted by Crippen LogP contribution is -2.64. The van der Waals surface area contributed by atoms with Crippen molar-refractivity contribution in [3.8, 4) is 0 Å². The molecule has 29 heavy (non-hydrogen) atoms. The highest BCUT2D eigenvalue weighted by Gasteiger charge is 2.56. The SMILES string of the molecule is C=C(C)CN1C(=O)C2C(N=C3N(C(C)c4ccccc4)C(C)=C(C)N32)N(C)C1=O. The molecule has 0 aromatic heterocycles. The van der Waals surface area contributed by atoms with Crippen molar-refractivity contribution in [3.05, 3.63) is 59.4 Å². The molecule has 1 saturated heterocycles. The smallest absolute Gasteiger partial charge is 0.307 e. The van der Waals surface area contributed by atoms with Crippen LogP contribution in [0.3, 0.4) is 0 Å². The summed E-state index contributed by atoms with van der Waals surface area (Å²) in [5.74, 6) is 0.512. The molecule has 3 unspecified atom stereocenters. The molecule has 1 aromatic rings. The maximum Gasteiger partial charge on any atom is 0.328 e. The van der Waals surface area contributed by atoms with Crippen LogP contribution in [-0.2, 0) is 4.79 Å². The van der Waals surface area contributed by atoms with Crippen LogP contribution >= 0.6 is 0 Å². The summed E-state index contributed by atoms with van der Waals surface area (Å²) in [6.07, 6.45) is -0.528. The summed E-state index contributed by atoms with van der Waals surface area (Å²) in [5.41, 5.74) is 3.99. The average molecular weight is 393 g/mol. The molecule has 7 heteroatoms. The molecule has 152 valence electrons. The molecule has 3 aliphatic heterocycles. The molecule has 0 N–H and O–H groups in total. The summed E-state index contributed by atoms with van der Waals surface area (Å²) in [4.78, 5) is 38.0. The topological polar surface area (TPSA) is 59.5 Å². The fraction of sp³-hybridized carbons (Fsp3) is 0.409. The van der Waals surface area contributed by atoms with Crippen LogP contribution in [0.4, 0.5) is 4.79 Å². The summed E-state index contributed by atoms with van der Waals surface area (Å²) in [7, 11) is 1.71. The lowest BCUT2D eigenvalue weighted by Gasteiger charge is -2.40. The molecule has 1 aromatic carbocycles. The third-order valence-corrected chi connectivity index (χ3v) is 6.03. The summed E-state index contributed by atoms with van der Waals surface area (Å²) >= 11 is 0. The van der Waals surface area contributed by atoms with E-state index in [1.807, 2.05) is 36.9 Å². The first-order valence-corrected chi connectivity index (χ1v) is 9.85. The van der Waals surface area contributed by atoms with Gasteiger partial charge in [0.2, 0.25) is 5.96 Å². The number of guanidine groups is 1. The van der Waals surface area contributed by atoms with Gasteiger partial charge in [0.15, 0.2) is 12.2 Å². The van der Waals surface area contributed by atoms with E-state index in [2.05, 4.69) is 37.5 Å². The number of hydrogen-bond donors (Lipinski definition) is 0. The number of hydrogen-bond acceptors (Lipinski definition) is 5. The van der Waals surface area contributed by atoms with E-state index in [0.717, 1.165) is 22.9 Å². The molecule has 3 atom stereocenters. The number of carbonyl (C=O) groups is 2. The monoisotopic (exact) mass is 393 g/mol. The van der Waals surface area contributed by atoms with Crippen LogP contribution in [0.1, 0.15) is 39.3 Å². The summed E-state index contributed by atoms with van der Waals surface area (Å²) < 4.78 is 0. The van der Waals surface area contributed by atoms with Crippen LogP contribution in [0, 0.1) is 0 Å². The molecule has 1 fully saturated rings.